The summed E-state index contributed by atoms with van der Waals surface area (Å²) in [6.45, 7) is 2.12. The molecule has 0 saturated carbocycles. The van der Waals surface area contributed by atoms with Crippen LogP contribution in [-0.2, 0) is 7.05 Å². The lowest BCUT2D eigenvalue weighted by Crippen LogP contribution is -2.48. The van der Waals surface area contributed by atoms with Gasteiger partial charge in [-0.2, -0.15) is 0 Å². The van der Waals surface area contributed by atoms with Crippen LogP contribution in [0.3, 0.4) is 0 Å². The molecule has 29 heavy (non-hydrogen) atoms. The third-order valence-electron chi connectivity index (χ3n) is 7.12. The Labute approximate surface area is 172 Å². The van der Waals surface area contributed by atoms with Crippen LogP contribution >= 0.6 is 0 Å². The molecule has 2 atom stereocenters. The quantitative estimate of drug-likeness (QED) is 0.718. The molecular weight excluding hydrogens is 358 g/mol. The average Bonchev–Trinajstić information content (AvgIpc) is 3.11. The Morgan fingerprint density at radius 1 is 0.966 bits per heavy atom. The third kappa shape index (κ3) is 2.98. The summed E-state index contributed by atoms with van der Waals surface area (Å²) in [5.74, 6) is 0.0639. The van der Waals surface area contributed by atoms with Crippen molar-refractivity contribution in [1.29, 1.82) is 0 Å². The number of hydrogen-bond donors (Lipinski definition) is 1. The monoisotopic (exact) mass is 387 g/mol. The van der Waals surface area contributed by atoms with Gasteiger partial charge in [0.25, 0.3) is 5.91 Å². The summed E-state index contributed by atoms with van der Waals surface area (Å²) in [4.78, 5) is 16.1. The molecule has 3 heterocycles. The number of aryl methyl sites for hydroxylation is 2. The van der Waals surface area contributed by atoms with Gasteiger partial charge in [0.15, 0.2) is 0 Å². The van der Waals surface area contributed by atoms with Gasteiger partial charge in [-0.3, -0.25) is 4.79 Å². The number of nitrogens with zero attached hydrogens (tertiary/aromatic N) is 2. The van der Waals surface area contributed by atoms with E-state index >= 15 is 0 Å². The Morgan fingerprint density at radius 2 is 1.66 bits per heavy atom. The first-order valence-corrected chi connectivity index (χ1v) is 10.7. The number of amides is 1. The molecule has 0 spiro atoms. The Balaban J connectivity index is 1.57. The van der Waals surface area contributed by atoms with Crippen LogP contribution in [0.2, 0.25) is 0 Å². The first-order valence-electron chi connectivity index (χ1n) is 10.7. The predicted octanol–water partition coefficient (Wildman–Crippen LogP) is 4.51. The highest BCUT2D eigenvalue weighted by molar-refractivity contribution is 6.13. The molecule has 2 bridgehead atoms. The molecule has 5 rings (SSSR count). The van der Waals surface area contributed by atoms with Gasteiger partial charge in [0.05, 0.1) is 16.8 Å². The Kier molecular flexibility index (Phi) is 4.47. The lowest BCUT2D eigenvalue weighted by molar-refractivity contribution is 0.0884. The smallest absolute Gasteiger partial charge is 0.254 e. The fraction of sp³-hybridized carbons (Fsp3) is 0.400. The summed E-state index contributed by atoms with van der Waals surface area (Å²) in [5.41, 5.74) is 5.23. The van der Waals surface area contributed by atoms with Crippen molar-refractivity contribution in [2.75, 3.05) is 7.05 Å². The van der Waals surface area contributed by atoms with Crippen molar-refractivity contribution in [3.8, 4) is 11.3 Å². The molecule has 2 unspecified atom stereocenters. The Morgan fingerprint density at radius 3 is 2.34 bits per heavy atom. The topological polar surface area (TPSA) is 37.3 Å². The molecule has 3 aromatic rings. The first kappa shape index (κ1) is 18.4. The molecule has 0 radical (unpaired) electrons. The van der Waals surface area contributed by atoms with E-state index in [0.717, 1.165) is 40.6 Å². The van der Waals surface area contributed by atoms with E-state index in [1.165, 1.54) is 18.4 Å². The maximum Gasteiger partial charge on any atom is 0.254 e. The van der Waals surface area contributed by atoms with Crippen molar-refractivity contribution in [1.82, 2.24) is 14.8 Å². The van der Waals surface area contributed by atoms with Crippen molar-refractivity contribution in [3.63, 3.8) is 0 Å². The number of rotatable bonds is 3. The fourth-order valence-corrected chi connectivity index (χ4v) is 5.66. The van der Waals surface area contributed by atoms with E-state index in [2.05, 4.69) is 66.1 Å². The number of benzene rings is 2. The van der Waals surface area contributed by atoms with Crippen LogP contribution in [0, 0.1) is 6.92 Å². The Hall–Kier alpha value is -2.59. The molecule has 1 aromatic heterocycles. The second kappa shape index (κ2) is 7.03. The number of hydrogen-bond acceptors (Lipinski definition) is 2. The van der Waals surface area contributed by atoms with Gasteiger partial charge in [0.1, 0.15) is 0 Å². The van der Waals surface area contributed by atoms with Gasteiger partial charge in [-0.15, -0.1) is 0 Å². The van der Waals surface area contributed by atoms with Crippen LogP contribution in [0.15, 0.2) is 48.5 Å². The fourth-order valence-electron chi connectivity index (χ4n) is 5.66. The van der Waals surface area contributed by atoms with E-state index in [0.29, 0.717) is 12.1 Å². The number of piperidine rings is 1. The highest BCUT2D eigenvalue weighted by atomic mass is 16.1. The number of fused-ring (bicyclic) bond motifs is 3. The zero-order valence-electron chi connectivity index (χ0n) is 17.5. The summed E-state index contributed by atoms with van der Waals surface area (Å²) in [7, 11) is 4.31. The van der Waals surface area contributed by atoms with E-state index in [-0.39, 0.29) is 11.9 Å². The van der Waals surface area contributed by atoms with E-state index in [9.17, 15) is 4.79 Å². The highest BCUT2D eigenvalue weighted by Gasteiger charge is 2.39. The molecule has 0 aliphatic carbocycles. The number of aromatic nitrogens is 1. The van der Waals surface area contributed by atoms with Crippen LogP contribution in [0.5, 0.6) is 0 Å². The Bertz CT molecular complexity index is 1050. The molecule has 2 fully saturated rings. The number of para-hydroxylation sites is 1. The molecule has 150 valence electrons. The van der Waals surface area contributed by atoms with Crippen molar-refractivity contribution in [2.24, 2.45) is 7.05 Å². The standard InChI is InChI=1S/C25H29N3O/c1-16-8-7-11-21-22(24(28(3)23(16)21)17-9-5-4-6-10-17)25(29)26-18-14-19-12-13-20(15-18)27(19)2/h4-11,18-20H,12-15H2,1-3H3,(H,26,29). The summed E-state index contributed by atoms with van der Waals surface area (Å²) in [6.07, 6.45) is 4.64. The minimum absolute atomic E-state index is 0.0639. The van der Waals surface area contributed by atoms with Gasteiger partial charge >= 0.3 is 0 Å². The normalized spacial score (nSPS) is 24.2. The van der Waals surface area contributed by atoms with Crippen LogP contribution in [0.1, 0.15) is 41.6 Å². The molecule has 2 aromatic carbocycles. The molecule has 2 aliphatic heterocycles. The minimum atomic E-state index is 0.0639. The van der Waals surface area contributed by atoms with Gasteiger partial charge in [-0.25, -0.2) is 0 Å². The van der Waals surface area contributed by atoms with Gasteiger partial charge in [-0.1, -0.05) is 48.5 Å². The maximum absolute atomic E-state index is 13.6. The van der Waals surface area contributed by atoms with E-state index < -0.39 is 0 Å². The first-order chi connectivity index (χ1) is 14.0. The lowest BCUT2D eigenvalue weighted by Gasteiger charge is -2.36. The molecule has 2 saturated heterocycles. The average molecular weight is 388 g/mol. The molecule has 4 nitrogen and oxygen atoms in total. The summed E-state index contributed by atoms with van der Waals surface area (Å²) in [5, 5.41) is 4.45. The van der Waals surface area contributed by atoms with Crippen molar-refractivity contribution >= 4 is 16.8 Å². The van der Waals surface area contributed by atoms with Crippen molar-refractivity contribution in [2.45, 2.75) is 50.7 Å². The van der Waals surface area contributed by atoms with E-state index in [4.69, 9.17) is 0 Å². The van der Waals surface area contributed by atoms with Gasteiger partial charge in [0.2, 0.25) is 0 Å². The number of nitrogens with one attached hydrogen (secondary N) is 1. The zero-order valence-corrected chi connectivity index (χ0v) is 17.5. The van der Waals surface area contributed by atoms with Crippen LogP contribution in [-0.4, -0.2) is 40.5 Å². The second-order valence-electron chi connectivity index (χ2n) is 8.81. The SMILES string of the molecule is Cc1cccc2c(C(=O)NC3CC4CCC(C3)N4C)c(-c3ccccc3)n(C)c12. The minimum Gasteiger partial charge on any atom is -0.349 e. The second-order valence-corrected chi connectivity index (χ2v) is 8.81. The van der Waals surface area contributed by atoms with Crippen molar-refractivity contribution in [3.05, 3.63) is 59.7 Å². The number of carbonyl (C=O) groups excluding carboxylic acids is 1. The summed E-state index contributed by atoms with van der Waals surface area (Å²) < 4.78 is 2.19. The maximum atomic E-state index is 13.6. The van der Waals surface area contributed by atoms with E-state index in [1.54, 1.807) is 0 Å². The third-order valence-corrected chi connectivity index (χ3v) is 7.12. The van der Waals surface area contributed by atoms with Gasteiger partial charge in [-0.05, 0) is 50.8 Å². The highest BCUT2D eigenvalue weighted by Crippen LogP contribution is 2.37. The number of carbonyl (C=O) groups is 1. The molecule has 1 N–H and O–H groups in total. The predicted molar refractivity (Wildman–Crippen MR) is 118 cm³/mol. The van der Waals surface area contributed by atoms with Gasteiger partial charge < -0.3 is 14.8 Å². The molecule has 1 amide bonds. The van der Waals surface area contributed by atoms with Crippen LogP contribution in [0.25, 0.3) is 22.2 Å². The summed E-state index contributed by atoms with van der Waals surface area (Å²) in [6, 6.07) is 18.0. The van der Waals surface area contributed by atoms with Crippen LogP contribution in [0.4, 0.5) is 0 Å². The lowest BCUT2D eigenvalue weighted by atomic mass is 9.97. The van der Waals surface area contributed by atoms with Crippen molar-refractivity contribution < 1.29 is 4.79 Å². The molecule has 4 heteroatoms. The van der Waals surface area contributed by atoms with Crippen LogP contribution < -0.4 is 5.32 Å². The molecule has 2 aliphatic rings. The zero-order chi connectivity index (χ0) is 20.1. The molecular formula is C25H29N3O. The summed E-state index contributed by atoms with van der Waals surface area (Å²) >= 11 is 0. The van der Waals surface area contributed by atoms with Gasteiger partial charge in [0, 0.05) is 30.6 Å². The largest absolute Gasteiger partial charge is 0.349 e. The van der Waals surface area contributed by atoms with E-state index in [1.807, 2.05) is 18.2 Å².